The Morgan fingerprint density at radius 3 is 2.47 bits per heavy atom. The molecular weight excluding hydrogens is 212 g/mol. The van der Waals surface area contributed by atoms with Gasteiger partial charge in [0.2, 0.25) is 5.91 Å². The van der Waals surface area contributed by atoms with E-state index in [-0.39, 0.29) is 11.9 Å². The fourth-order valence-corrected chi connectivity index (χ4v) is 1.70. The second kappa shape index (κ2) is 6.40. The molecular formula is C14H22N2O. The van der Waals surface area contributed by atoms with Gasteiger partial charge in [0, 0.05) is 0 Å². The Labute approximate surface area is 103 Å². The topological polar surface area (TPSA) is 55.1 Å². The molecule has 0 aromatic heterocycles. The Bertz CT molecular complexity index is 359. The summed E-state index contributed by atoms with van der Waals surface area (Å²) in [5.41, 5.74) is 8.09. The molecule has 0 aliphatic carbocycles. The number of amides is 1. The van der Waals surface area contributed by atoms with E-state index in [1.54, 1.807) is 0 Å². The predicted molar refractivity (Wildman–Crippen MR) is 70.6 cm³/mol. The third-order valence-electron chi connectivity index (χ3n) is 2.87. The molecule has 3 nitrogen and oxygen atoms in total. The van der Waals surface area contributed by atoms with Crippen LogP contribution in [0, 0.1) is 6.92 Å². The first-order valence-electron chi connectivity index (χ1n) is 6.17. The van der Waals surface area contributed by atoms with Crippen LogP contribution >= 0.6 is 0 Å². The van der Waals surface area contributed by atoms with E-state index in [4.69, 9.17) is 5.73 Å². The minimum absolute atomic E-state index is 0.00556. The van der Waals surface area contributed by atoms with Crippen LogP contribution < -0.4 is 11.1 Å². The van der Waals surface area contributed by atoms with Gasteiger partial charge in [0.05, 0.1) is 12.1 Å². The number of hydrogen-bond donors (Lipinski definition) is 2. The minimum atomic E-state index is -0.395. The van der Waals surface area contributed by atoms with Gasteiger partial charge in [0.1, 0.15) is 0 Å². The van der Waals surface area contributed by atoms with Crippen LogP contribution in [0.1, 0.15) is 43.9 Å². The molecule has 0 bridgehead atoms. The van der Waals surface area contributed by atoms with Gasteiger partial charge in [0.25, 0.3) is 0 Å². The summed E-state index contributed by atoms with van der Waals surface area (Å²) in [6.45, 7) is 6.04. The molecule has 1 rings (SSSR count). The van der Waals surface area contributed by atoms with Gasteiger partial charge in [-0.1, -0.05) is 43.2 Å². The molecule has 0 radical (unpaired) electrons. The van der Waals surface area contributed by atoms with Gasteiger partial charge in [0.15, 0.2) is 0 Å². The van der Waals surface area contributed by atoms with Crippen molar-refractivity contribution in [3.05, 3.63) is 35.4 Å². The van der Waals surface area contributed by atoms with Crippen molar-refractivity contribution in [2.24, 2.45) is 5.73 Å². The maximum absolute atomic E-state index is 11.7. The van der Waals surface area contributed by atoms with Crippen LogP contribution in [0.15, 0.2) is 24.3 Å². The number of carbonyl (C=O) groups excluding carboxylic acids is 1. The Kier molecular flexibility index (Phi) is 5.16. The fourth-order valence-electron chi connectivity index (χ4n) is 1.70. The third-order valence-corrected chi connectivity index (χ3v) is 2.87. The number of rotatable bonds is 5. The monoisotopic (exact) mass is 234 g/mol. The van der Waals surface area contributed by atoms with Crippen LogP contribution in [0.4, 0.5) is 0 Å². The summed E-state index contributed by atoms with van der Waals surface area (Å²) < 4.78 is 0. The van der Waals surface area contributed by atoms with E-state index >= 15 is 0 Å². The molecule has 0 saturated heterocycles. The van der Waals surface area contributed by atoms with Gasteiger partial charge in [-0.3, -0.25) is 4.79 Å². The van der Waals surface area contributed by atoms with Crippen LogP contribution in [0.3, 0.4) is 0 Å². The zero-order valence-corrected chi connectivity index (χ0v) is 10.9. The van der Waals surface area contributed by atoms with E-state index in [0.717, 1.165) is 18.4 Å². The highest BCUT2D eigenvalue weighted by Gasteiger charge is 2.15. The van der Waals surface area contributed by atoms with Crippen molar-refractivity contribution >= 4 is 5.91 Å². The maximum atomic E-state index is 11.7. The summed E-state index contributed by atoms with van der Waals surface area (Å²) in [4.78, 5) is 11.7. The molecule has 3 heteroatoms. The Hall–Kier alpha value is -1.35. The predicted octanol–water partition coefficient (Wildman–Crippen LogP) is 2.30. The van der Waals surface area contributed by atoms with Gasteiger partial charge >= 0.3 is 0 Å². The molecule has 0 spiro atoms. The molecule has 2 atom stereocenters. The molecule has 0 aliphatic rings. The van der Waals surface area contributed by atoms with E-state index in [1.165, 1.54) is 5.56 Å². The first-order valence-corrected chi connectivity index (χ1v) is 6.17. The second-order valence-corrected chi connectivity index (χ2v) is 4.54. The van der Waals surface area contributed by atoms with E-state index in [0.29, 0.717) is 0 Å². The number of aryl methyl sites for hydroxylation is 1. The van der Waals surface area contributed by atoms with Gasteiger partial charge < -0.3 is 11.1 Å². The molecule has 94 valence electrons. The van der Waals surface area contributed by atoms with Gasteiger partial charge in [-0.15, -0.1) is 0 Å². The largest absolute Gasteiger partial charge is 0.348 e. The smallest absolute Gasteiger partial charge is 0.237 e. The van der Waals surface area contributed by atoms with Crippen molar-refractivity contribution < 1.29 is 4.79 Å². The Balaban J connectivity index is 2.57. The van der Waals surface area contributed by atoms with Crippen molar-refractivity contribution in [3.63, 3.8) is 0 Å². The average molecular weight is 234 g/mol. The van der Waals surface area contributed by atoms with Gasteiger partial charge in [-0.2, -0.15) is 0 Å². The van der Waals surface area contributed by atoms with Crippen molar-refractivity contribution in [1.29, 1.82) is 0 Å². The number of hydrogen-bond acceptors (Lipinski definition) is 2. The van der Waals surface area contributed by atoms with Crippen LogP contribution in [0.2, 0.25) is 0 Å². The highest BCUT2D eigenvalue weighted by Crippen LogP contribution is 2.13. The third kappa shape index (κ3) is 4.19. The summed E-state index contributed by atoms with van der Waals surface area (Å²) in [5, 5.41) is 2.94. The fraction of sp³-hybridized carbons (Fsp3) is 0.500. The molecule has 0 heterocycles. The lowest BCUT2D eigenvalue weighted by molar-refractivity contribution is -0.123. The lowest BCUT2D eigenvalue weighted by atomic mass is 10.1. The quantitative estimate of drug-likeness (QED) is 0.821. The van der Waals surface area contributed by atoms with Crippen LogP contribution in [-0.2, 0) is 4.79 Å². The minimum Gasteiger partial charge on any atom is -0.348 e. The van der Waals surface area contributed by atoms with E-state index < -0.39 is 6.04 Å². The molecule has 0 aliphatic heterocycles. The summed E-state index contributed by atoms with van der Waals surface area (Å²) >= 11 is 0. The maximum Gasteiger partial charge on any atom is 0.237 e. The second-order valence-electron chi connectivity index (χ2n) is 4.54. The van der Waals surface area contributed by atoms with Gasteiger partial charge in [-0.25, -0.2) is 0 Å². The van der Waals surface area contributed by atoms with Gasteiger partial charge in [-0.05, 0) is 25.8 Å². The highest BCUT2D eigenvalue weighted by atomic mass is 16.2. The lowest BCUT2D eigenvalue weighted by Gasteiger charge is -2.17. The molecule has 0 unspecified atom stereocenters. The van der Waals surface area contributed by atoms with Crippen molar-refractivity contribution in [2.75, 3.05) is 0 Å². The molecule has 3 N–H and O–H groups in total. The van der Waals surface area contributed by atoms with E-state index in [2.05, 4.69) is 5.32 Å². The zero-order valence-electron chi connectivity index (χ0n) is 10.9. The van der Waals surface area contributed by atoms with Crippen LogP contribution in [-0.4, -0.2) is 11.9 Å². The summed E-state index contributed by atoms with van der Waals surface area (Å²) in [6, 6.07) is 7.77. The molecule has 1 amide bonds. The SMILES string of the molecule is CCC[C@@H](N)C(=O)N[C@@H](C)c1ccc(C)cc1. The molecule has 0 fully saturated rings. The summed E-state index contributed by atoms with van der Waals surface area (Å²) in [5.74, 6) is -0.0695. The molecule has 17 heavy (non-hydrogen) atoms. The average Bonchev–Trinajstić information content (AvgIpc) is 2.30. The van der Waals surface area contributed by atoms with Crippen LogP contribution in [0.5, 0.6) is 0 Å². The standard InChI is InChI=1S/C14H22N2O/c1-4-5-13(15)14(17)16-11(3)12-8-6-10(2)7-9-12/h6-9,11,13H,4-5,15H2,1-3H3,(H,16,17)/t11-,13+/m0/s1. The van der Waals surface area contributed by atoms with E-state index in [9.17, 15) is 4.79 Å². The van der Waals surface area contributed by atoms with Crippen molar-refractivity contribution in [3.8, 4) is 0 Å². The van der Waals surface area contributed by atoms with Crippen molar-refractivity contribution in [2.45, 2.75) is 45.7 Å². The van der Waals surface area contributed by atoms with Crippen LogP contribution in [0.25, 0.3) is 0 Å². The highest BCUT2D eigenvalue weighted by molar-refractivity contribution is 5.81. The van der Waals surface area contributed by atoms with E-state index in [1.807, 2.05) is 45.0 Å². The Morgan fingerprint density at radius 2 is 1.94 bits per heavy atom. The number of benzene rings is 1. The summed E-state index contributed by atoms with van der Waals surface area (Å²) in [7, 11) is 0. The molecule has 0 saturated carbocycles. The van der Waals surface area contributed by atoms with Crippen molar-refractivity contribution in [1.82, 2.24) is 5.32 Å². The number of nitrogens with one attached hydrogen (secondary N) is 1. The first-order chi connectivity index (χ1) is 8.04. The first kappa shape index (κ1) is 13.7. The lowest BCUT2D eigenvalue weighted by Crippen LogP contribution is -2.41. The number of carbonyl (C=O) groups is 1. The number of nitrogens with two attached hydrogens (primary N) is 1. The Morgan fingerprint density at radius 1 is 1.35 bits per heavy atom. The zero-order chi connectivity index (χ0) is 12.8. The molecule has 1 aromatic rings. The normalized spacial score (nSPS) is 14.1. The summed E-state index contributed by atoms with van der Waals surface area (Å²) in [6.07, 6.45) is 1.65. The molecule has 1 aromatic carbocycles.